The molecule has 0 radical (unpaired) electrons. The summed E-state index contributed by atoms with van der Waals surface area (Å²) in [6, 6.07) is 9.28. The van der Waals surface area contributed by atoms with Gasteiger partial charge in [0, 0.05) is 16.7 Å². The van der Waals surface area contributed by atoms with Crippen LogP contribution in [0.15, 0.2) is 46.6 Å². The quantitative estimate of drug-likeness (QED) is 0.520. The first kappa shape index (κ1) is 15.1. The van der Waals surface area contributed by atoms with Crippen LogP contribution in [0.4, 0.5) is 0 Å². The maximum atomic E-state index is 5.90. The third-order valence-electron chi connectivity index (χ3n) is 3.57. The maximum Gasteiger partial charge on any atom is 0.226 e. The minimum atomic E-state index is 0.252. The van der Waals surface area contributed by atoms with Crippen LogP contribution in [0.25, 0.3) is 21.5 Å². The van der Waals surface area contributed by atoms with Crippen molar-refractivity contribution in [1.29, 1.82) is 0 Å². The van der Waals surface area contributed by atoms with Crippen LogP contribution < -0.4 is 4.74 Å². The Bertz CT molecular complexity index is 995. The fourth-order valence-electron chi connectivity index (χ4n) is 2.37. The first-order valence-electron chi connectivity index (χ1n) is 7.24. The van der Waals surface area contributed by atoms with Crippen molar-refractivity contribution < 1.29 is 9.26 Å². The molecule has 4 rings (SSSR count). The van der Waals surface area contributed by atoms with Crippen molar-refractivity contribution in [2.45, 2.75) is 13.5 Å². The van der Waals surface area contributed by atoms with E-state index in [0.29, 0.717) is 16.7 Å². The smallest absolute Gasteiger partial charge is 0.226 e. The second-order valence-corrected chi connectivity index (χ2v) is 6.55. The van der Waals surface area contributed by atoms with Gasteiger partial charge >= 0.3 is 0 Å². The van der Waals surface area contributed by atoms with Gasteiger partial charge in [-0.2, -0.15) is 0 Å². The molecular formula is C17H12ClN3O2S. The number of rotatable bonds is 4. The summed E-state index contributed by atoms with van der Waals surface area (Å²) in [5.74, 6) is 1.18. The van der Waals surface area contributed by atoms with Gasteiger partial charge in [0.15, 0.2) is 12.4 Å². The Morgan fingerprint density at radius 3 is 2.88 bits per heavy atom. The lowest BCUT2D eigenvalue weighted by atomic mass is 10.1. The maximum absolute atomic E-state index is 5.90. The first-order chi connectivity index (χ1) is 11.7. The fraction of sp³-hybridized carbons (Fsp3) is 0.118. The molecule has 0 bridgehead atoms. The summed E-state index contributed by atoms with van der Waals surface area (Å²) < 4.78 is 11.2. The summed E-state index contributed by atoms with van der Waals surface area (Å²) >= 11 is 7.47. The van der Waals surface area contributed by atoms with Crippen molar-refractivity contribution in [2.24, 2.45) is 0 Å². The second-order valence-electron chi connectivity index (χ2n) is 5.25. The number of halogens is 1. The van der Waals surface area contributed by atoms with Gasteiger partial charge in [-0.15, -0.1) is 11.3 Å². The predicted molar refractivity (Wildman–Crippen MR) is 93.4 cm³/mol. The van der Waals surface area contributed by atoms with E-state index in [1.54, 1.807) is 11.3 Å². The summed E-state index contributed by atoms with van der Waals surface area (Å²) in [5.41, 5.74) is 2.78. The van der Waals surface area contributed by atoms with Crippen LogP contribution in [0.1, 0.15) is 11.3 Å². The monoisotopic (exact) mass is 357 g/mol. The molecule has 0 fully saturated rings. The molecule has 0 aliphatic carbocycles. The van der Waals surface area contributed by atoms with E-state index in [4.69, 9.17) is 20.9 Å². The van der Waals surface area contributed by atoms with E-state index < -0.39 is 0 Å². The van der Waals surface area contributed by atoms with E-state index in [0.717, 1.165) is 27.0 Å². The lowest BCUT2D eigenvalue weighted by Crippen LogP contribution is -1.97. The number of hydrogen-bond donors (Lipinski definition) is 0. The molecule has 4 aromatic rings. The largest absolute Gasteiger partial charge is 0.469 e. The standard InChI is InChI=1S/C17H12ClN3O2S/c1-10-8-24-17-15(10)16(19-9-20-17)22-7-13-6-14(21-23-13)11-2-4-12(18)5-3-11/h2-6,8-9H,7H2,1H3. The highest BCUT2D eigenvalue weighted by Crippen LogP contribution is 2.30. The topological polar surface area (TPSA) is 61.0 Å². The fourth-order valence-corrected chi connectivity index (χ4v) is 3.38. The van der Waals surface area contributed by atoms with Crippen LogP contribution in [0.5, 0.6) is 5.88 Å². The average Bonchev–Trinajstić information content (AvgIpc) is 3.21. The Morgan fingerprint density at radius 2 is 2.04 bits per heavy atom. The Balaban J connectivity index is 1.54. The molecule has 0 saturated heterocycles. The van der Waals surface area contributed by atoms with Gasteiger partial charge in [0.05, 0.1) is 5.39 Å². The molecule has 0 saturated carbocycles. The van der Waals surface area contributed by atoms with Gasteiger partial charge in [0.25, 0.3) is 0 Å². The molecule has 3 heterocycles. The van der Waals surface area contributed by atoms with Crippen molar-refractivity contribution >= 4 is 33.2 Å². The second kappa shape index (κ2) is 6.22. The van der Waals surface area contributed by atoms with Crippen LogP contribution in [-0.4, -0.2) is 15.1 Å². The average molecular weight is 358 g/mol. The van der Waals surface area contributed by atoms with Crippen LogP contribution in [0, 0.1) is 6.92 Å². The SMILES string of the molecule is Cc1csc2ncnc(OCc3cc(-c4ccc(Cl)cc4)no3)c12. The molecule has 120 valence electrons. The number of benzene rings is 1. The summed E-state index contributed by atoms with van der Waals surface area (Å²) in [4.78, 5) is 9.39. The normalized spacial score (nSPS) is 11.1. The molecule has 0 atom stereocenters. The lowest BCUT2D eigenvalue weighted by Gasteiger charge is -2.04. The van der Waals surface area contributed by atoms with Crippen LogP contribution in [0.3, 0.4) is 0 Å². The van der Waals surface area contributed by atoms with Crippen molar-refractivity contribution in [3.8, 4) is 17.1 Å². The van der Waals surface area contributed by atoms with Gasteiger partial charge in [-0.3, -0.25) is 0 Å². The molecule has 24 heavy (non-hydrogen) atoms. The van der Waals surface area contributed by atoms with Gasteiger partial charge in [-0.25, -0.2) is 9.97 Å². The minimum absolute atomic E-state index is 0.252. The number of aromatic nitrogens is 3. The van der Waals surface area contributed by atoms with Crippen LogP contribution >= 0.6 is 22.9 Å². The molecule has 7 heteroatoms. The van der Waals surface area contributed by atoms with E-state index in [2.05, 4.69) is 15.1 Å². The Hall–Kier alpha value is -2.44. The third kappa shape index (κ3) is 2.86. The molecule has 1 aromatic carbocycles. The summed E-state index contributed by atoms with van der Waals surface area (Å²) in [5, 5.41) is 7.74. The molecule has 0 aliphatic heterocycles. The van der Waals surface area contributed by atoms with E-state index in [1.165, 1.54) is 6.33 Å². The van der Waals surface area contributed by atoms with Crippen molar-refractivity contribution in [3.05, 3.63) is 58.4 Å². The van der Waals surface area contributed by atoms with Gasteiger partial charge in [0.2, 0.25) is 5.88 Å². The molecule has 3 aromatic heterocycles. The summed E-state index contributed by atoms with van der Waals surface area (Å²) in [7, 11) is 0. The summed E-state index contributed by atoms with van der Waals surface area (Å²) in [6.45, 7) is 2.27. The molecular weight excluding hydrogens is 346 g/mol. The highest BCUT2D eigenvalue weighted by molar-refractivity contribution is 7.17. The van der Waals surface area contributed by atoms with Crippen molar-refractivity contribution in [1.82, 2.24) is 15.1 Å². The van der Waals surface area contributed by atoms with E-state index in [-0.39, 0.29) is 6.61 Å². The Kier molecular flexibility index (Phi) is 3.92. The lowest BCUT2D eigenvalue weighted by molar-refractivity contribution is 0.244. The number of ether oxygens (including phenoxy) is 1. The molecule has 0 unspecified atom stereocenters. The summed E-state index contributed by atoms with van der Waals surface area (Å²) in [6.07, 6.45) is 1.51. The number of thiophene rings is 1. The zero-order valence-corrected chi connectivity index (χ0v) is 14.3. The molecule has 0 amide bonds. The predicted octanol–water partition coefficient (Wildman–Crippen LogP) is 4.89. The van der Waals surface area contributed by atoms with E-state index in [9.17, 15) is 0 Å². The van der Waals surface area contributed by atoms with Crippen LogP contribution in [0.2, 0.25) is 5.02 Å². The van der Waals surface area contributed by atoms with Gasteiger partial charge in [0.1, 0.15) is 16.9 Å². The van der Waals surface area contributed by atoms with Gasteiger partial charge < -0.3 is 9.26 Å². The highest BCUT2D eigenvalue weighted by Gasteiger charge is 2.12. The molecule has 0 aliphatic rings. The van der Waals surface area contributed by atoms with Gasteiger partial charge in [-0.1, -0.05) is 28.9 Å². The zero-order chi connectivity index (χ0) is 16.5. The first-order valence-corrected chi connectivity index (χ1v) is 8.49. The number of fused-ring (bicyclic) bond motifs is 1. The third-order valence-corrected chi connectivity index (χ3v) is 4.83. The molecule has 0 spiro atoms. The van der Waals surface area contributed by atoms with E-state index >= 15 is 0 Å². The number of hydrogen-bond acceptors (Lipinski definition) is 6. The number of aryl methyl sites for hydroxylation is 1. The highest BCUT2D eigenvalue weighted by atomic mass is 35.5. The minimum Gasteiger partial charge on any atom is -0.469 e. The molecule has 0 N–H and O–H groups in total. The van der Waals surface area contributed by atoms with Crippen molar-refractivity contribution in [3.63, 3.8) is 0 Å². The Labute approximate surface area is 146 Å². The van der Waals surface area contributed by atoms with Crippen molar-refractivity contribution in [2.75, 3.05) is 0 Å². The van der Waals surface area contributed by atoms with Crippen LogP contribution in [-0.2, 0) is 6.61 Å². The van der Waals surface area contributed by atoms with E-state index in [1.807, 2.05) is 42.6 Å². The Morgan fingerprint density at radius 1 is 1.21 bits per heavy atom. The van der Waals surface area contributed by atoms with Gasteiger partial charge in [-0.05, 0) is 30.0 Å². The number of nitrogens with zero attached hydrogens (tertiary/aromatic N) is 3. The zero-order valence-electron chi connectivity index (χ0n) is 12.7. The molecule has 5 nitrogen and oxygen atoms in total.